The van der Waals surface area contributed by atoms with E-state index in [2.05, 4.69) is 73.0 Å². The van der Waals surface area contributed by atoms with Gasteiger partial charge in [-0.25, -0.2) is 10.0 Å². The minimum atomic E-state index is -0.776. The average Bonchev–Trinajstić information content (AvgIpc) is 2.80. The van der Waals surface area contributed by atoms with Gasteiger partial charge in [0.05, 0.1) is 11.8 Å². The monoisotopic (exact) mass is 364 g/mol. The van der Waals surface area contributed by atoms with Crippen LogP contribution < -0.4 is 0 Å². The molecule has 1 aliphatic heterocycles. The molecule has 0 amide bonds. The first-order valence-corrected chi connectivity index (χ1v) is 10.1. The molecule has 0 bridgehead atoms. The van der Waals surface area contributed by atoms with Crippen molar-refractivity contribution in [3.05, 3.63) is 23.8 Å². The zero-order valence-electron chi connectivity index (χ0n) is 17.9. The third kappa shape index (κ3) is 5.17. The van der Waals surface area contributed by atoms with Crippen molar-refractivity contribution in [2.75, 3.05) is 34.2 Å². The molecule has 1 aliphatic carbocycles. The van der Waals surface area contributed by atoms with Gasteiger partial charge < -0.3 is 10.0 Å². The van der Waals surface area contributed by atoms with Crippen molar-refractivity contribution in [2.45, 2.75) is 77.4 Å². The Labute approximate surface area is 160 Å². The Kier molecular flexibility index (Phi) is 7.45. The molecular weight excluding hydrogens is 324 g/mol. The maximum atomic E-state index is 10.7. The SMILES string of the molecule is CC(CN(C)CCCC1=CC=CCC1)N1C(C)N(C)N(C)C1C(C)(C)O. The van der Waals surface area contributed by atoms with Crippen molar-refractivity contribution in [1.82, 2.24) is 19.8 Å². The van der Waals surface area contributed by atoms with E-state index in [9.17, 15) is 5.11 Å². The van der Waals surface area contributed by atoms with Crippen LogP contribution in [0.15, 0.2) is 23.8 Å². The summed E-state index contributed by atoms with van der Waals surface area (Å²) in [6.07, 6.45) is 11.9. The summed E-state index contributed by atoms with van der Waals surface area (Å²) in [5.74, 6) is 0. The summed E-state index contributed by atoms with van der Waals surface area (Å²) in [5, 5.41) is 15.1. The van der Waals surface area contributed by atoms with Crippen molar-refractivity contribution in [3.63, 3.8) is 0 Å². The van der Waals surface area contributed by atoms with Crippen LogP contribution in [0.25, 0.3) is 0 Å². The highest BCUT2D eigenvalue weighted by molar-refractivity contribution is 5.17. The van der Waals surface area contributed by atoms with E-state index in [0.717, 1.165) is 13.1 Å². The number of allylic oxidation sites excluding steroid dienone is 4. The summed E-state index contributed by atoms with van der Waals surface area (Å²) in [5.41, 5.74) is 0.814. The van der Waals surface area contributed by atoms with E-state index in [1.807, 2.05) is 13.8 Å². The summed E-state index contributed by atoms with van der Waals surface area (Å²) in [4.78, 5) is 4.89. The van der Waals surface area contributed by atoms with Crippen LogP contribution in [-0.4, -0.2) is 83.1 Å². The molecule has 150 valence electrons. The van der Waals surface area contributed by atoms with Crippen LogP contribution in [0.2, 0.25) is 0 Å². The minimum absolute atomic E-state index is 0.00918. The first-order chi connectivity index (χ1) is 12.1. The van der Waals surface area contributed by atoms with E-state index in [1.54, 1.807) is 5.57 Å². The molecule has 0 aromatic heterocycles. The Morgan fingerprint density at radius 2 is 2.00 bits per heavy atom. The number of likely N-dealkylation sites (N-methyl/N-ethyl adjacent to an activating group) is 2. The Hall–Kier alpha value is -0.720. The zero-order valence-corrected chi connectivity index (χ0v) is 17.9. The largest absolute Gasteiger partial charge is 0.387 e. The minimum Gasteiger partial charge on any atom is -0.387 e. The van der Waals surface area contributed by atoms with Gasteiger partial charge in [0.15, 0.2) is 0 Å². The molecule has 0 saturated carbocycles. The summed E-state index contributed by atoms with van der Waals surface area (Å²) >= 11 is 0. The lowest BCUT2D eigenvalue weighted by atomic mass is 10.0. The van der Waals surface area contributed by atoms with Crippen LogP contribution in [0.3, 0.4) is 0 Å². The molecule has 2 aliphatic rings. The lowest BCUT2D eigenvalue weighted by molar-refractivity contribution is -0.0882. The van der Waals surface area contributed by atoms with E-state index in [1.165, 1.54) is 25.7 Å². The van der Waals surface area contributed by atoms with Gasteiger partial charge in [0.1, 0.15) is 6.17 Å². The van der Waals surface area contributed by atoms with Crippen molar-refractivity contribution < 1.29 is 5.11 Å². The van der Waals surface area contributed by atoms with Gasteiger partial charge in [-0.15, -0.1) is 0 Å². The molecule has 1 saturated heterocycles. The van der Waals surface area contributed by atoms with E-state index in [0.29, 0.717) is 6.04 Å². The number of hydrogen-bond donors (Lipinski definition) is 1. The molecule has 0 aromatic rings. The first-order valence-electron chi connectivity index (χ1n) is 10.1. The fraction of sp³-hybridized carbons (Fsp3) is 0.810. The third-order valence-electron chi connectivity index (χ3n) is 5.96. The Morgan fingerprint density at radius 3 is 2.58 bits per heavy atom. The van der Waals surface area contributed by atoms with Gasteiger partial charge in [0, 0.05) is 26.7 Å². The maximum Gasteiger partial charge on any atom is 0.106 e. The van der Waals surface area contributed by atoms with Gasteiger partial charge in [-0.3, -0.25) is 4.90 Å². The highest BCUT2D eigenvalue weighted by atomic mass is 16.3. The molecular formula is C21H40N4O. The summed E-state index contributed by atoms with van der Waals surface area (Å²) in [6.45, 7) is 10.5. The van der Waals surface area contributed by atoms with Crippen LogP contribution in [0, 0.1) is 0 Å². The molecule has 3 atom stereocenters. The van der Waals surface area contributed by atoms with Crippen molar-refractivity contribution in [2.24, 2.45) is 0 Å². The van der Waals surface area contributed by atoms with Crippen LogP contribution in [0.1, 0.15) is 53.4 Å². The topological polar surface area (TPSA) is 33.2 Å². The highest BCUT2D eigenvalue weighted by Gasteiger charge is 2.48. The second-order valence-electron chi connectivity index (χ2n) is 8.76. The van der Waals surface area contributed by atoms with Gasteiger partial charge in [0.25, 0.3) is 0 Å². The van der Waals surface area contributed by atoms with Crippen LogP contribution in [0.4, 0.5) is 0 Å². The van der Waals surface area contributed by atoms with Gasteiger partial charge in [-0.05, 0) is 67.0 Å². The summed E-state index contributed by atoms with van der Waals surface area (Å²) in [6, 6.07) is 0.371. The van der Waals surface area contributed by atoms with Crippen molar-refractivity contribution in [3.8, 4) is 0 Å². The van der Waals surface area contributed by atoms with E-state index in [-0.39, 0.29) is 12.3 Å². The fourth-order valence-corrected chi connectivity index (χ4v) is 4.53. The van der Waals surface area contributed by atoms with Gasteiger partial charge in [-0.1, -0.05) is 23.8 Å². The number of aliphatic hydroxyl groups is 1. The molecule has 0 radical (unpaired) electrons. The normalized spacial score (nSPS) is 27.3. The molecule has 1 N–H and O–H groups in total. The lowest BCUT2D eigenvalue weighted by Crippen LogP contribution is -2.57. The van der Waals surface area contributed by atoms with E-state index in [4.69, 9.17) is 0 Å². The van der Waals surface area contributed by atoms with Crippen LogP contribution in [-0.2, 0) is 0 Å². The molecule has 1 heterocycles. The molecule has 26 heavy (non-hydrogen) atoms. The Balaban J connectivity index is 1.89. The smallest absolute Gasteiger partial charge is 0.106 e. The lowest BCUT2D eigenvalue weighted by Gasteiger charge is -2.41. The fourth-order valence-electron chi connectivity index (χ4n) is 4.53. The number of rotatable bonds is 8. The molecule has 5 nitrogen and oxygen atoms in total. The van der Waals surface area contributed by atoms with Gasteiger partial charge in [0.2, 0.25) is 0 Å². The van der Waals surface area contributed by atoms with Crippen LogP contribution in [0.5, 0.6) is 0 Å². The molecule has 0 aromatic carbocycles. The molecule has 0 spiro atoms. The quantitative estimate of drug-likeness (QED) is 0.716. The Morgan fingerprint density at radius 1 is 1.31 bits per heavy atom. The average molecular weight is 365 g/mol. The molecule has 1 fully saturated rings. The van der Waals surface area contributed by atoms with E-state index >= 15 is 0 Å². The predicted octanol–water partition coefficient (Wildman–Crippen LogP) is 2.90. The maximum absolute atomic E-state index is 10.7. The number of hydrazine groups is 1. The zero-order chi connectivity index (χ0) is 19.5. The highest BCUT2D eigenvalue weighted by Crippen LogP contribution is 2.31. The van der Waals surface area contributed by atoms with Crippen LogP contribution >= 0.6 is 0 Å². The summed E-state index contributed by atoms with van der Waals surface area (Å²) in [7, 11) is 6.40. The second kappa shape index (κ2) is 8.98. The van der Waals surface area contributed by atoms with Crippen molar-refractivity contribution in [1.29, 1.82) is 0 Å². The number of hydrogen-bond acceptors (Lipinski definition) is 5. The number of nitrogens with zero attached hydrogens (tertiary/aromatic N) is 4. The predicted molar refractivity (Wildman–Crippen MR) is 110 cm³/mol. The standard InChI is InChI=1S/C21H40N4O/c1-17(16-22(5)15-11-14-19-12-9-8-10-13-19)25-18(2)23(6)24(7)20(25)21(3,4)26/h8-9,12,17-18,20,26H,10-11,13-16H2,1-7H3. The van der Waals surface area contributed by atoms with Gasteiger partial charge in [-0.2, -0.15) is 0 Å². The molecule has 3 unspecified atom stereocenters. The summed E-state index contributed by atoms with van der Waals surface area (Å²) < 4.78 is 0. The van der Waals surface area contributed by atoms with E-state index < -0.39 is 5.60 Å². The second-order valence-corrected chi connectivity index (χ2v) is 8.76. The molecule has 5 heteroatoms. The Bertz CT molecular complexity index is 511. The molecule has 2 rings (SSSR count). The third-order valence-corrected chi connectivity index (χ3v) is 5.96. The van der Waals surface area contributed by atoms with Crippen molar-refractivity contribution >= 4 is 0 Å². The van der Waals surface area contributed by atoms with Gasteiger partial charge >= 0.3 is 0 Å². The first kappa shape index (κ1) is 21.6.